The van der Waals surface area contributed by atoms with Crippen molar-refractivity contribution in [2.75, 3.05) is 6.54 Å². The molecule has 0 aromatic heterocycles. The molecule has 2 aliphatic rings. The van der Waals surface area contributed by atoms with Crippen LogP contribution < -0.4 is 5.32 Å². The van der Waals surface area contributed by atoms with E-state index >= 15 is 0 Å². The van der Waals surface area contributed by atoms with E-state index in [-0.39, 0.29) is 0 Å². The maximum atomic E-state index is 3.79. The molecule has 1 nitrogen and oxygen atoms in total. The van der Waals surface area contributed by atoms with Crippen LogP contribution in [0.5, 0.6) is 0 Å². The molecule has 92 valence electrons. The van der Waals surface area contributed by atoms with E-state index in [4.69, 9.17) is 0 Å². The van der Waals surface area contributed by atoms with Gasteiger partial charge in [0.25, 0.3) is 0 Å². The summed E-state index contributed by atoms with van der Waals surface area (Å²) in [5.41, 5.74) is 3.21. The van der Waals surface area contributed by atoms with Gasteiger partial charge in [-0.25, -0.2) is 0 Å². The van der Waals surface area contributed by atoms with E-state index in [1.807, 2.05) is 0 Å². The maximum absolute atomic E-state index is 3.79. The molecule has 1 aromatic rings. The molecule has 1 unspecified atom stereocenters. The van der Waals surface area contributed by atoms with Crippen LogP contribution in [0, 0.1) is 0 Å². The molecule has 1 saturated carbocycles. The Labute approximate surface area is 105 Å². The summed E-state index contributed by atoms with van der Waals surface area (Å²) in [6.07, 6.45) is 9.68. The minimum Gasteiger partial charge on any atom is -0.313 e. The van der Waals surface area contributed by atoms with Gasteiger partial charge in [-0.05, 0) is 49.1 Å². The molecule has 0 saturated heterocycles. The van der Waals surface area contributed by atoms with E-state index in [1.54, 1.807) is 11.1 Å². The molecule has 1 heteroatoms. The Bertz CT molecular complexity index is 366. The topological polar surface area (TPSA) is 12.0 Å². The summed E-state index contributed by atoms with van der Waals surface area (Å²) in [4.78, 5) is 0. The van der Waals surface area contributed by atoms with Gasteiger partial charge < -0.3 is 5.32 Å². The zero-order valence-corrected chi connectivity index (χ0v) is 10.6. The second-order valence-electron chi connectivity index (χ2n) is 5.68. The summed E-state index contributed by atoms with van der Waals surface area (Å²) in [5.74, 6) is 0.764. The molecule has 1 N–H and O–H groups in total. The SMILES string of the molecule is c1ccc2c(c1)CCCC2CNC1CCCC1. The number of hydrogen-bond acceptors (Lipinski definition) is 1. The highest BCUT2D eigenvalue weighted by Crippen LogP contribution is 2.31. The smallest absolute Gasteiger partial charge is 0.00673 e. The van der Waals surface area contributed by atoms with Crippen molar-refractivity contribution in [2.24, 2.45) is 0 Å². The Balaban J connectivity index is 1.64. The lowest BCUT2D eigenvalue weighted by Crippen LogP contribution is -2.31. The van der Waals surface area contributed by atoms with E-state index in [0.717, 1.165) is 12.0 Å². The third-order valence-electron chi connectivity index (χ3n) is 4.50. The minimum absolute atomic E-state index is 0.764. The molecule has 3 rings (SSSR count). The van der Waals surface area contributed by atoms with Crippen LogP contribution >= 0.6 is 0 Å². The van der Waals surface area contributed by atoms with E-state index in [2.05, 4.69) is 29.6 Å². The summed E-state index contributed by atoms with van der Waals surface area (Å²) in [7, 11) is 0. The van der Waals surface area contributed by atoms with Gasteiger partial charge in [0.2, 0.25) is 0 Å². The molecule has 0 heterocycles. The van der Waals surface area contributed by atoms with Crippen LogP contribution in [0.15, 0.2) is 24.3 Å². The van der Waals surface area contributed by atoms with E-state index in [1.165, 1.54) is 51.5 Å². The van der Waals surface area contributed by atoms with Crippen molar-refractivity contribution in [1.29, 1.82) is 0 Å². The van der Waals surface area contributed by atoms with Crippen LogP contribution in [0.3, 0.4) is 0 Å². The van der Waals surface area contributed by atoms with Crippen molar-refractivity contribution >= 4 is 0 Å². The van der Waals surface area contributed by atoms with Gasteiger partial charge in [0.05, 0.1) is 0 Å². The van der Waals surface area contributed by atoms with Gasteiger partial charge in [-0.15, -0.1) is 0 Å². The van der Waals surface area contributed by atoms with Crippen molar-refractivity contribution in [3.05, 3.63) is 35.4 Å². The molecule has 0 aliphatic heterocycles. The van der Waals surface area contributed by atoms with Crippen molar-refractivity contribution in [2.45, 2.75) is 56.9 Å². The van der Waals surface area contributed by atoms with Crippen molar-refractivity contribution in [3.8, 4) is 0 Å². The Kier molecular flexibility index (Phi) is 3.46. The van der Waals surface area contributed by atoms with Crippen LogP contribution in [0.2, 0.25) is 0 Å². The molecule has 17 heavy (non-hydrogen) atoms. The normalized spacial score (nSPS) is 24.8. The standard InChI is InChI=1S/C16H23N/c1-4-11-16-13(6-1)7-5-8-14(16)12-17-15-9-2-3-10-15/h1,4,6,11,14-15,17H,2-3,5,7-10,12H2. The average molecular weight is 229 g/mol. The highest BCUT2D eigenvalue weighted by Gasteiger charge is 2.21. The van der Waals surface area contributed by atoms with Gasteiger partial charge in [0.15, 0.2) is 0 Å². The molecule has 1 atom stereocenters. The first kappa shape index (κ1) is 11.3. The first-order valence-corrected chi connectivity index (χ1v) is 7.24. The van der Waals surface area contributed by atoms with Gasteiger partial charge in [0, 0.05) is 12.6 Å². The van der Waals surface area contributed by atoms with Gasteiger partial charge in [0.1, 0.15) is 0 Å². The second-order valence-corrected chi connectivity index (χ2v) is 5.68. The largest absolute Gasteiger partial charge is 0.313 e. The number of hydrogen-bond donors (Lipinski definition) is 1. The zero-order valence-electron chi connectivity index (χ0n) is 10.6. The highest BCUT2D eigenvalue weighted by molar-refractivity contribution is 5.32. The molecule has 1 fully saturated rings. The zero-order chi connectivity index (χ0) is 11.5. The maximum Gasteiger partial charge on any atom is 0.00673 e. The monoisotopic (exact) mass is 229 g/mol. The lowest BCUT2D eigenvalue weighted by atomic mass is 9.83. The van der Waals surface area contributed by atoms with Gasteiger partial charge in [-0.1, -0.05) is 37.1 Å². The second kappa shape index (κ2) is 5.22. The minimum atomic E-state index is 0.764. The predicted molar refractivity (Wildman–Crippen MR) is 72.4 cm³/mol. The fourth-order valence-corrected chi connectivity index (χ4v) is 3.51. The van der Waals surface area contributed by atoms with Crippen LogP contribution in [0.25, 0.3) is 0 Å². The van der Waals surface area contributed by atoms with Crippen molar-refractivity contribution < 1.29 is 0 Å². The van der Waals surface area contributed by atoms with Crippen molar-refractivity contribution in [1.82, 2.24) is 5.32 Å². The molecular weight excluding hydrogens is 206 g/mol. The van der Waals surface area contributed by atoms with E-state index in [9.17, 15) is 0 Å². The van der Waals surface area contributed by atoms with Crippen LogP contribution in [0.4, 0.5) is 0 Å². The quantitative estimate of drug-likeness (QED) is 0.834. The number of fused-ring (bicyclic) bond motifs is 1. The van der Waals surface area contributed by atoms with Gasteiger partial charge in [-0.3, -0.25) is 0 Å². The van der Waals surface area contributed by atoms with Crippen LogP contribution in [0.1, 0.15) is 55.6 Å². The molecule has 0 amide bonds. The average Bonchev–Trinajstić information content (AvgIpc) is 2.89. The molecule has 0 radical (unpaired) electrons. The number of rotatable bonds is 3. The lowest BCUT2D eigenvalue weighted by molar-refractivity contribution is 0.454. The molecule has 0 bridgehead atoms. The summed E-state index contributed by atoms with van der Waals surface area (Å²) < 4.78 is 0. The fourth-order valence-electron chi connectivity index (χ4n) is 3.51. The summed E-state index contributed by atoms with van der Waals surface area (Å²) in [6, 6.07) is 9.86. The van der Waals surface area contributed by atoms with E-state index in [0.29, 0.717) is 0 Å². The summed E-state index contributed by atoms with van der Waals surface area (Å²) in [6.45, 7) is 1.20. The predicted octanol–water partition coefficient (Wildman–Crippen LogP) is 3.64. The Morgan fingerprint density at radius 1 is 1.00 bits per heavy atom. The Morgan fingerprint density at radius 2 is 1.82 bits per heavy atom. The van der Waals surface area contributed by atoms with Gasteiger partial charge >= 0.3 is 0 Å². The van der Waals surface area contributed by atoms with Gasteiger partial charge in [-0.2, -0.15) is 0 Å². The first-order chi connectivity index (χ1) is 8.43. The fraction of sp³-hybridized carbons (Fsp3) is 0.625. The summed E-state index contributed by atoms with van der Waals surface area (Å²) in [5, 5.41) is 3.79. The molecule has 1 aromatic carbocycles. The molecule has 0 spiro atoms. The van der Waals surface area contributed by atoms with Crippen LogP contribution in [-0.4, -0.2) is 12.6 Å². The Hall–Kier alpha value is -0.820. The van der Waals surface area contributed by atoms with Crippen LogP contribution in [-0.2, 0) is 6.42 Å². The highest BCUT2D eigenvalue weighted by atomic mass is 14.9. The third-order valence-corrected chi connectivity index (χ3v) is 4.50. The summed E-state index contributed by atoms with van der Waals surface area (Å²) >= 11 is 0. The number of benzene rings is 1. The third kappa shape index (κ3) is 2.55. The molecular formula is C16H23N. The van der Waals surface area contributed by atoms with E-state index < -0.39 is 0 Å². The first-order valence-electron chi connectivity index (χ1n) is 7.24. The number of aryl methyl sites for hydroxylation is 1. The number of nitrogens with one attached hydrogen (secondary N) is 1. The van der Waals surface area contributed by atoms with Crippen molar-refractivity contribution in [3.63, 3.8) is 0 Å². The Morgan fingerprint density at radius 3 is 2.71 bits per heavy atom. The lowest BCUT2D eigenvalue weighted by Gasteiger charge is -2.27. The molecule has 2 aliphatic carbocycles.